The van der Waals surface area contributed by atoms with E-state index in [1.807, 2.05) is 0 Å². The Morgan fingerprint density at radius 2 is 1.84 bits per heavy atom. The molecule has 1 fully saturated rings. The molecule has 0 spiro atoms. The summed E-state index contributed by atoms with van der Waals surface area (Å²) in [5.41, 5.74) is 5.91. The first-order chi connectivity index (χ1) is 11.8. The number of benzene rings is 1. The second-order valence-corrected chi connectivity index (χ2v) is 7.27. The molecule has 136 valence electrons. The van der Waals surface area contributed by atoms with Crippen LogP contribution < -0.4 is 5.73 Å². The van der Waals surface area contributed by atoms with Gasteiger partial charge in [0.05, 0.1) is 10.0 Å². The summed E-state index contributed by atoms with van der Waals surface area (Å²) in [5, 5.41) is 9.41. The van der Waals surface area contributed by atoms with Gasteiger partial charge in [-0.2, -0.15) is 0 Å². The molecule has 0 aliphatic heterocycles. The minimum atomic E-state index is -1.00. The zero-order valence-corrected chi connectivity index (χ0v) is 15.2. The second-order valence-electron chi connectivity index (χ2n) is 6.45. The van der Waals surface area contributed by atoms with Gasteiger partial charge >= 0.3 is 5.97 Å². The number of carboxylic acids is 1. The average molecular weight is 386 g/mol. The zero-order valence-electron chi connectivity index (χ0n) is 13.7. The van der Waals surface area contributed by atoms with Gasteiger partial charge in [-0.05, 0) is 37.5 Å². The van der Waals surface area contributed by atoms with Crippen molar-refractivity contribution in [3.63, 3.8) is 0 Å². The van der Waals surface area contributed by atoms with Crippen molar-refractivity contribution in [1.82, 2.24) is 0 Å². The Morgan fingerprint density at radius 3 is 2.48 bits per heavy atom. The lowest BCUT2D eigenvalue weighted by atomic mass is 10.0. The Hall–Kier alpha value is -1.43. The monoisotopic (exact) mass is 385 g/mol. The van der Waals surface area contributed by atoms with E-state index in [4.69, 9.17) is 34.0 Å². The van der Waals surface area contributed by atoms with Crippen LogP contribution in [0.1, 0.15) is 48.9 Å². The van der Waals surface area contributed by atoms with Crippen LogP contribution in [0.3, 0.4) is 0 Å². The highest BCUT2D eigenvalue weighted by molar-refractivity contribution is 6.42. The molecule has 1 aromatic rings. The maximum absolute atomic E-state index is 12.4. The molecular formula is C18H21Cl2NO4. The molecule has 0 bridgehead atoms. The molecule has 7 heteroatoms. The molecule has 0 aromatic heterocycles. The van der Waals surface area contributed by atoms with E-state index in [0.717, 1.165) is 6.42 Å². The summed E-state index contributed by atoms with van der Waals surface area (Å²) in [4.78, 5) is 35.1. The molecule has 1 aromatic carbocycles. The quantitative estimate of drug-likeness (QED) is 0.472. The number of ketones is 2. The normalized spacial score (nSPS) is 20.1. The topological polar surface area (TPSA) is 97.5 Å². The van der Waals surface area contributed by atoms with Crippen LogP contribution in [0, 0.1) is 11.8 Å². The Kier molecular flexibility index (Phi) is 6.99. The molecule has 1 aliphatic carbocycles. The van der Waals surface area contributed by atoms with Gasteiger partial charge in [-0.25, -0.2) is 0 Å². The van der Waals surface area contributed by atoms with Crippen LogP contribution in [0.2, 0.25) is 10.0 Å². The van der Waals surface area contributed by atoms with Crippen molar-refractivity contribution in [1.29, 1.82) is 0 Å². The number of carbonyl (C=O) groups is 3. The van der Waals surface area contributed by atoms with Crippen molar-refractivity contribution in [3.8, 4) is 0 Å². The molecule has 2 rings (SSSR count). The van der Waals surface area contributed by atoms with Crippen molar-refractivity contribution in [3.05, 3.63) is 33.8 Å². The lowest BCUT2D eigenvalue weighted by molar-refractivity contribution is -0.138. The van der Waals surface area contributed by atoms with Gasteiger partial charge in [-0.15, -0.1) is 0 Å². The second kappa shape index (κ2) is 8.79. The molecule has 3 atom stereocenters. The van der Waals surface area contributed by atoms with Gasteiger partial charge in [0, 0.05) is 23.8 Å². The van der Waals surface area contributed by atoms with Crippen molar-refractivity contribution in [2.24, 2.45) is 17.6 Å². The minimum Gasteiger partial charge on any atom is -0.480 e. The van der Waals surface area contributed by atoms with E-state index < -0.39 is 12.0 Å². The molecule has 5 nitrogen and oxygen atoms in total. The number of carboxylic acid groups (broad SMARTS) is 1. The van der Waals surface area contributed by atoms with Crippen molar-refractivity contribution in [2.75, 3.05) is 0 Å². The fourth-order valence-corrected chi connectivity index (χ4v) is 3.15. The van der Waals surface area contributed by atoms with Crippen LogP contribution in [-0.2, 0) is 9.59 Å². The van der Waals surface area contributed by atoms with Crippen LogP contribution in [0.5, 0.6) is 0 Å². The van der Waals surface area contributed by atoms with E-state index in [-0.39, 0.29) is 23.4 Å². The van der Waals surface area contributed by atoms with Gasteiger partial charge < -0.3 is 10.8 Å². The van der Waals surface area contributed by atoms with Crippen molar-refractivity contribution < 1.29 is 19.5 Å². The highest BCUT2D eigenvalue weighted by Crippen LogP contribution is 2.43. The molecule has 1 saturated carbocycles. The standard InChI is InChI=1S/C18H21Cl2NO4/c19-13-7-6-10(8-14(13)20)17(23)12-9-11(12)16(22)5-3-1-2-4-15(21)18(24)25/h6-8,11-12,15H,1-5,9,21H2,(H,24,25)/t11-,12-,15-/m0/s1. The average Bonchev–Trinajstić information content (AvgIpc) is 3.36. The zero-order chi connectivity index (χ0) is 18.6. The number of hydrogen-bond acceptors (Lipinski definition) is 4. The van der Waals surface area contributed by atoms with Gasteiger partial charge in [0.25, 0.3) is 0 Å². The number of rotatable bonds is 10. The minimum absolute atomic E-state index is 0.0654. The fraction of sp³-hybridized carbons (Fsp3) is 0.500. The van der Waals surface area contributed by atoms with Crippen LogP contribution in [0.15, 0.2) is 18.2 Å². The third-order valence-electron chi connectivity index (χ3n) is 4.50. The lowest BCUT2D eigenvalue weighted by Crippen LogP contribution is -2.29. The molecule has 0 radical (unpaired) electrons. The molecule has 25 heavy (non-hydrogen) atoms. The highest BCUT2D eigenvalue weighted by atomic mass is 35.5. The van der Waals surface area contributed by atoms with Crippen LogP contribution >= 0.6 is 23.2 Å². The Balaban J connectivity index is 1.71. The maximum Gasteiger partial charge on any atom is 0.320 e. The van der Waals surface area contributed by atoms with Crippen LogP contribution in [0.4, 0.5) is 0 Å². The first kappa shape index (κ1) is 19.9. The predicted octanol–water partition coefficient (Wildman–Crippen LogP) is 3.74. The largest absolute Gasteiger partial charge is 0.480 e. The number of aliphatic carboxylic acids is 1. The molecule has 3 N–H and O–H groups in total. The van der Waals surface area contributed by atoms with E-state index in [2.05, 4.69) is 0 Å². The third kappa shape index (κ3) is 5.53. The summed E-state index contributed by atoms with van der Waals surface area (Å²) in [6.45, 7) is 0. The molecule has 0 heterocycles. The van der Waals surface area contributed by atoms with Gasteiger partial charge in [-0.1, -0.05) is 36.0 Å². The predicted molar refractivity (Wildman–Crippen MR) is 96.1 cm³/mol. The highest BCUT2D eigenvalue weighted by Gasteiger charge is 2.47. The number of nitrogens with two attached hydrogens (primary N) is 1. The lowest BCUT2D eigenvalue weighted by Gasteiger charge is -2.05. The maximum atomic E-state index is 12.4. The third-order valence-corrected chi connectivity index (χ3v) is 5.24. The summed E-state index contributed by atoms with van der Waals surface area (Å²) >= 11 is 11.8. The van der Waals surface area contributed by atoms with E-state index in [1.54, 1.807) is 12.1 Å². The smallest absolute Gasteiger partial charge is 0.320 e. The fourth-order valence-electron chi connectivity index (χ4n) is 2.85. The van der Waals surface area contributed by atoms with Gasteiger partial charge in [0.1, 0.15) is 11.8 Å². The van der Waals surface area contributed by atoms with Gasteiger partial charge in [0.15, 0.2) is 5.78 Å². The van der Waals surface area contributed by atoms with E-state index in [0.29, 0.717) is 47.7 Å². The summed E-state index contributed by atoms with van der Waals surface area (Å²) in [6, 6.07) is 3.91. The number of halogens is 2. The Bertz CT molecular complexity index is 677. The van der Waals surface area contributed by atoms with Gasteiger partial charge in [0.2, 0.25) is 0 Å². The van der Waals surface area contributed by atoms with E-state index >= 15 is 0 Å². The van der Waals surface area contributed by atoms with Crippen LogP contribution in [-0.4, -0.2) is 28.7 Å². The number of unbranched alkanes of at least 4 members (excludes halogenated alkanes) is 2. The Morgan fingerprint density at radius 1 is 1.12 bits per heavy atom. The molecule has 0 unspecified atom stereocenters. The molecule has 0 amide bonds. The summed E-state index contributed by atoms with van der Waals surface area (Å²) in [6.07, 6.45) is 3.53. The summed E-state index contributed by atoms with van der Waals surface area (Å²) in [7, 11) is 0. The van der Waals surface area contributed by atoms with Crippen LogP contribution in [0.25, 0.3) is 0 Å². The number of hydrogen-bond donors (Lipinski definition) is 2. The van der Waals surface area contributed by atoms with E-state index in [1.165, 1.54) is 6.07 Å². The number of Topliss-reactive ketones (excluding diaryl/α,β-unsaturated/α-hetero) is 2. The molecule has 0 saturated heterocycles. The molecular weight excluding hydrogens is 365 g/mol. The van der Waals surface area contributed by atoms with Crippen molar-refractivity contribution >= 4 is 40.7 Å². The van der Waals surface area contributed by atoms with Crippen molar-refractivity contribution in [2.45, 2.75) is 44.6 Å². The van der Waals surface area contributed by atoms with Gasteiger partial charge in [-0.3, -0.25) is 14.4 Å². The molecule has 1 aliphatic rings. The van der Waals surface area contributed by atoms with E-state index in [9.17, 15) is 14.4 Å². The Labute approximate surface area is 156 Å². The first-order valence-corrected chi connectivity index (χ1v) is 9.07. The summed E-state index contributed by atoms with van der Waals surface area (Å²) < 4.78 is 0. The SMILES string of the molecule is N[C@@H](CCCCCC(=O)[C@H]1C[C@@H]1C(=O)c1ccc(Cl)c(Cl)c1)C(=O)O. The number of carbonyl (C=O) groups excluding carboxylic acids is 2. The first-order valence-electron chi connectivity index (χ1n) is 8.31. The summed E-state index contributed by atoms with van der Waals surface area (Å²) in [5.74, 6) is -1.43.